The van der Waals surface area contributed by atoms with Gasteiger partial charge in [0.1, 0.15) is 5.75 Å². The number of ether oxygens (including phenoxy) is 1. The molecule has 0 saturated heterocycles. The second kappa shape index (κ2) is 6.66. The second-order valence-electron chi connectivity index (χ2n) is 5.79. The van der Waals surface area contributed by atoms with Crippen LogP contribution >= 0.6 is 0 Å². The number of nitrogens with one attached hydrogen (secondary N) is 1. The fourth-order valence-corrected chi connectivity index (χ4v) is 2.84. The van der Waals surface area contributed by atoms with Crippen LogP contribution in [0.25, 0.3) is 0 Å². The standard InChI is InChI=1S/C19H23NO/c1-2-12-21-19-10-8-17(9-11-19)20-18-13-16(14-18)15-6-4-3-5-7-15/h3-11,16,18,20H,2,12-14H2,1H3. The molecule has 21 heavy (non-hydrogen) atoms. The number of hydrogen-bond acceptors (Lipinski definition) is 2. The maximum atomic E-state index is 5.60. The Labute approximate surface area is 127 Å². The van der Waals surface area contributed by atoms with E-state index < -0.39 is 0 Å². The Morgan fingerprint density at radius 1 is 1.00 bits per heavy atom. The first-order chi connectivity index (χ1) is 10.3. The van der Waals surface area contributed by atoms with Gasteiger partial charge in [-0.1, -0.05) is 37.3 Å². The van der Waals surface area contributed by atoms with Crippen LogP contribution in [0.15, 0.2) is 54.6 Å². The lowest BCUT2D eigenvalue weighted by Gasteiger charge is -2.37. The van der Waals surface area contributed by atoms with Crippen LogP contribution in [-0.4, -0.2) is 12.6 Å². The van der Waals surface area contributed by atoms with Crippen LogP contribution < -0.4 is 10.1 Å². The van der Waals surface area contributed by atoms with E-state index in [0.29, 0.717) is 6.04 Å². The topological polar surface area (TPSA) is 21.3 Å². The summed E-state index contributed by atoms with van der Waals surface area (Å²) < 4.78 is 5.60. The molecule has 1 N–H and O–H groups in total. The van der Waals surface area contributed by atoms with Crippen LogP contribution in [-0.2, 0) is 0 Å². The third kappa shape index (κ3) is 3.57. The molecule has 2 heteroatoms. The van der Waals surface area contributed by atoms with Gasteiger partial charge in [0.2, 0.25) is 0 Å². The first-order valence-corrected chi connectivity index (χ1v) is 7.89. The molecule has 0 bridgehead atoms. The van der Waals surface area contributed by atoms with E-state index in [1.165, 1.54) is 24.1 Å². The average Bonchev–Trinajstić information content (AvgIpc) is 2.50. The molecule has 0 unspecified atom stereocenters. The minimum absolute atomic E-state index is 0.595. The monoisotopic (exact) mass is 281 g/mol. The number of rotatable bonds is 6. The quantitative estimate of drug-likeness (QED) is 0.818. The van der Waals surface area contributed by atoms with Gasteiger partial charge in [-0.25, -0.2) is 0 Å². The van der Waals surface area contributed by atoms with Crippen LogP contribution in [0, 0.1) is 0 Å². The van der Waals surface area contributed by atoms with Gasteiger partial charge in [-0.3, -0.25) is 0 Å². The molecule has 0 radical (unpaired) electrons. The van der Waals surface area contributed by atoms with E-state index in [1.807, 2.05) is 12.1 Å². The van der Waals surface area contributed by atoms with Crippen LogP contribution in [0.2, 0.25) is 0 Å². The highest BCUT2D eigenvalue weighted by Gasteiger charge is 2.29. The lowest BCUT2D eigenvalue weighted by atomic mass is 9.76. The van der Waals surface area contributed by atoms with Crippen molar-refractivity contribution in [1.82, 2.24) is 0 Å². The highest BCUT2D eigenvalue weighted by molar-refractivity contribution is 5.48. The zero-order chi connectivity index (χ0) is 14.5. The fourth-order valence-electron chi connectivity index (χ4n) is 2.84. The summed E-state index contributed by atoms with van der Waals surface area (Å²) in [4.78, 5) is 0. The largest absolute Gasteiger partial charge is 0.494 e. The van der Waals surface area contributed by atoms with Crippen molar-refractivity contribution < 1.29 is 4.74 Å². The molecule has 1 fully saturated rings. The molecule has 1 aliphatic rings. The molecule has 110 valence electrons. The van der Waals surface area contributed by atoms with Gasteiger partial charge in [-0.05, 0) is 55.0 Å². The van der Waals surface area contributed by atoms with Gasteiger partial charge in [0.25, 0.3) is 0 Å². The lowest BCUT2D eigenvalue weighted by molar-refractivity contribution is 0.317. The van der Waals surface area contributed by atoms with Crippen molar-refractivity contribution in [2.24, 2.45) is 0 Å². The third-order valence-corrected chi connectivity index (χ3v) is 4.11. The van der Waals surface area contributed by atoms with Crippen LogP contribution in [0.5, 0.6) is 5.75 Å². The molecule has 0 spiro atoms. The minimum Gasteiger partial charge on any atom is -0.494 e. The van der Waals surface area contributed by atoms with Crippen molar-refractivity contribution >= 4 is 5.69 Å². The van der Waals surface area contributed by atoms with Gasteiger partial charge in [-0.15, -0.1) is 0 Å². The number of benzene rings is 2. The van der Waals surface area contributed by atoms with Gasteiger partial charge >= 0.3 is 0 Å². The maximum Gasteiger partial charge on any atom is 0.119 e. The van der Waals surface area contributed by atoms with E-state index in [9.17, 15) is 0 Å². The molecule has 2 aromatic rings. The van der Waals surface area contributed by atoms with Crippen LogP contribution in [0.4, 0.5) is 5.69 Å². The molecule has 1 aliphatic carbocycles. The SMILES string of the molecule is CCCOc1ccc(NC2CC(c3ccccc3)C2)cc1. The Kier molecular flexibility index (Phi) is 4.44. The van der Waals surface area contributed by atoms with E-state index in [0.717, 1.165) is 24.7 Å². The Bertz CT molecular complexity index is 544. The number of anilines is 1. The first-order valence-electron chi connectivity index (χ1n) is 7.89. The second-order valence-corrected chi connectivity index (χ2v) is 5.79. The predicted molar refractivity (Wildman–Crippen MR) is 88.1 cm³/mol. The molecule has 0 atom stereocenters. The fraction of sp³-hybridized carbons (Fsp3) is 0.368. The van der Waals surface area contributed by atoms with Gasteiger partial charge in [-0.2, -0.15) is 0 Å². The Hall–Kier alpha value is -1.96. The minimum atomic E-state index is 0.595. The van der Waals surface area contributed by atoms with Crippen molar-refractivity contribution in [1.29, 1.82) is 0 Å². The van der Waals surface area contributed by atoms with Crippen molar-refractivity contribution in [3.05, 3.63) is 60.2 Å². The van der Waals surface area contributed by atoms with E-state index >= 15 is 0 Å². The summed E-state index contributed by atoms with van der Waals surface area (Å²) >= 11 is 0. The molecule has 3 rings (SSSR count). The molecule has 2 nitrogen and oxygen atoms in total. The van der Waals surface area contributed by atoms with E-state index in [4.69, 9.17) is 4.74 Å². The zero-order valence-electron chi connectivity index (χ0n) is 12.6. The molecule has 0 amide bonds. The van der Waals surface area contributed by atoms with E-state index in [2.05, 4.69) is 54.7 Å². The molecular weight excluding hydrogens is 258 g/mol. The summed E-state index contributed by atoms with van der Waals surface area (Å²) in [7, 11) is 0. The van der Waals surface area contributed by atoms with Crippen LogP contribution in [0.3, 0.4) is 0 Å². The smallest absolute Gasteiger partial charge is 0.119 e. The van der Waals surface area contributed by atoms with Gasteiger partial charge in [0.05, 0.1) is 6.61 Å². The summed E-state index contributed by atoms with van der Waals surface area (Å²) in [6, 6.07) is 19.7. The Balaban J connectivity index is 1.48. The molecule has 0 aliphatic heterocycles. The summed E-state index contributed by atoms with van der Waals surface area (Å²) in [5, 5.41) is 3.61. The van der Waals surface area contributed by atoms with Crippen molar-refractivity contribution in [3.8, 4) is 5.75 Å². The Morgan fingerprint density at radius 2 is 1.71 bits per heavy atom. The average molecular weight is 281 g/mol. The molecule has 1 saturated carbocycles. The third-order valence-electron chi connectivity index (χ3n) is 4.11. The highest BCUT2D eigenvalue weighted by atomic mass is 16.5. The summed E-state index contributed by atoms with van der Waals surface area (Å²) in [5.41, 5.74) is 2.66. The zero-order valence-corrected chi connectivity index (χ0v) is 12.6. The summed E-state index contributed by atoms with van der Waals surface area (Å²) in [6.45, 7) is 2.91. The molecular formula is C19H23NO. The summed E-state index contributed by atoms with van der Waals surface area (Å²) in [5.74, 6) is 1.68. The van der Waals surface area contributed by atoms with Crippen molar-refractivity contribution in [3.63, 3.8) is 0 Å². The molecule has 0 aromatic heterocycles. The van der Waals surface area contributed by atoms with E-state index in [-0.39, 0.29) is 0 Å². The highest BCUT2D eigenvalue weighted by Crippen LogP contribution is 2.38. The van der Waals surface area contributed by atoms with Crippen molar-refractivity contribution in [2.45, 2.75) is 38.1 Å². The lowest BCUT2D eigenvalue weighted by Crippen LogP contribution is -2.33. The summed E-state index contributed by atoms with van der Waals surface area (Å²) in [6.07, 6.45) is 3.49. The molecule has 2 aromatic carbocycles. The number of hydrogen-bond donors (Lipinski definition) is 1. The van der Waals surface area contributed by atoms with Crippen LogP contribution in [0.1, 0.15) is 37.7 Å². The van der Waals surface area contributed by atoms with Gasteiger partial charge in [0, 0.05) is 11.7 Å². The maximum absolute atomic E-state index is 5.60. The Morgan fingerprint density at radius 3 is 2.38 bits per heavy atom. The molecule has 0 heterocycles. The van der Waals surface area contributed by atoms with Gasteiger partial charge < -0.3 is 10.1 Å². The van der Waals surface area contributed by atoms with Gasteiger partial charge in [0.15, 0.2) is 0 Å². The first kappa shape index (κ1) is 14.0. The van der Waals surface area contributed by atoms with E-state index in [1.54, 1.807) is 0 Å². The van der Waals surface area contributed by atoms with Crippen molar-refractivity contribution in [2.75, 3.05) is 11.9 Å². The predicted octanol–water partition coefficient (Wildman–Crippen LogP) is 4.83. The normalized spacial score (nSPS) is 20.6.